The van der Waals surface area contributed by atoms with Crippen LogP contribution in [0, 0.1) is 0 Å². The Labute approximate surface area is 111 Å². The van der Waals surface area contributed by atoms with Crippen LogP contribution in [-0.4, -0.2) is 46.7 Å². The molecule has 1 aliphatic heterocycles. The molecule has 0 amide bonds. The number of carboxylic acid groups (broad SMARTS) is 1. The summed E-state index contributed by atoms with van der Waals surface area (Å²) < 4.78 is 0. The number of carboxylic acids is 1. The van der Waals surface area contributed by atoms with Gasteiger partial charge in [0.1, 0.15) is 0 Å². The monoisotopic (exact) mass is 256 g/mol. The lowest BCUT2D eigenvalue weighted by atomic mass is 9.95. The van der Waals surface area contributed by atoms with Crippen molar-refractivity contribution >= 4 is 5.97 Å². The lowest BCUT2D eigenvalue weighted by Crippen LogP contribution is -2.51. The molecule has 1 fully saturated rings. The van der Waals surface area contributed by atoms with Crippen LogP contribution in [0.4, 0.5) is 0 Å². The van der Waals surface area contributed by atoms with E-state index in [2.05, 4.69) is 37.9 Å². The summed E-state index contributed by atoms with van der Waals surface area (Å²) in [5.41, 5.74) is 0.195. The van der Waals surface area contributed by atoms with Gasteiger partial charge in [-0.3, -0.25) is 9.69 Å². The fourth-order valence-corrected chi connectivity index (χ4v) is 2.76. The highest BCUT2D eigenvalue weighted by Crippen LogP contribution is 2.25. The van der Waals surface area contributed by atoms with Gasteiger partial charge in [0.2, 0.25) is 0 Å². The van der Waals surface area contributed by atoms with Crippen LogP contribution in [-0.2, 0) is 4.79 Å². The van der Waals surface area contributed by atoms with Gasteiger partial charge in [-0.25, -0.2) is 0 Å². The highest BCUT2D eigenvalue weighted by atomic mass is 16.4. The fourth-order valence-electron chi connectivity index (χ4n) is 2.76. The molecule has 0 radical (unpaired) electrons. The van der Waals surface area contributed by atoms with Gasteiger partial charge in [0.05, 0.1) is 0 Å². The molecule has 18 heavy (non-hydrogen) atoms. The minimum Gasteiger partial charge on any atom is -0.481 e. The van der Waals surface area contributed by atoms with E-state index in [0.717, 1.165) is 32.4 Å². The van der Waals surface area contributed by atoms with Crippen molar-refractivity contribution in [2.75, 3.05) is 13.1 Å². The van der Waals surface area contributed by atoms with Crippen molar-refractivity contribution in [3.63, 3.8) is 0 Å². The maximum Gasteiger partial charge on any atom is 0.303 e. The normalized spacial score (nSPS) is 26.6. The van der Waals surface area contributed by atoms with Gasteiger partial charge in [0.15, 0.2) is 0 Å². The predicted molar refractivity (Wildman–Crippen MR) is 73.8 cm³/mol. The van der Waals surface area contributed by atoms with Crippen LogP contribution in [0.5, 0.6) is 0 Å². The van der Waals surface area contributed by atoms with Crippen LogP contribution in [0.15, 0.2) is 0 Å². The van der Waals surface area contributed by atoms with Crippen molar-refractivity contribution in [2.45, 2.75) is 71.0 Å². The van der Waals surface area contributed by atoms with Crippen LogP contribution < -0.4 is 5.32 Å². The largest absolute Gasteiger partial charge is 0.481 e. The molecule has 0 aromatic heterocycles. The van der Waals surface area contributed by atoms with Crippen molar-refractivity contribution in [3.8, 4) is 0 Å². The summed E-state index contributed by atoms with van der Waals surface area (Å²) in [6.45, 7) is 11.0. The first-order valence-corrected chi connectivity index (χ1v) is 7.08. The van der Waals surface area contributed by atoms with Gasteiger partial charge in [-0.05, 0) is 46.6 Å². The van der Waals surface area contributed by atoms with Gasteiger partial charge in [-0.15, -0.1) is 0 Å². The third-order valence-corrected chi connectivity index (χ3v) is 4.19. The van der Waals surface area contributed by atoms with Crippen molar-refractivity contribution in [2.24, 2.45) is 0 Å². The minimum absolute atomic E-state index is 0.195. The van der Waals surface area contributed by atoms with E-state index in [0.29, 0.717) is 12.1 Å². The van der Waals surface area contributed by atoms with Gasteiger partial charge in [-0.2, -0.15) is 0 Å². The minimum atomic E-state index is -0.699. The summed E-state index contributed by atoms with van der Waals surface area (Å²) in [5.74, 6) is -0.699. The molecular formula is C14H28N2O2. The summed E-state index contributed by atoms with van der Waals surface area (Å²) in [6.07, 6.45) is 3.22. The zero-order valence-corrected chi connectivity index (χ0v) is 12.2. The van der Waals surface area contributed by atoms with Crippen LogP contribution in [0.2, 0.25) is 0 Å². The van der Waals surface area contributed by atoms with Gasteiger partial charge in [0, 0.05) is 30.6 Å². The number of hydrogen-bond acceptors (Lipinski definition) is 3. The standard InChI is InChI=1S/C14H28N2O2/c1-5-11(2)16-10-12(6-7-13(17)18)15-9-8-14(16,3)4/h11-12,15H,5-10H2,1-4H3,(H,17,18). The highest BCUT2D eigenvalue weighted by Gasteiger charge is 2.33. The second-order valence-corrected chi connectivity index (χ2v) is 6.06. The zero-order valence-electron chi connectivity index (χ0n) is 12.2. The summed E-state index contributed by atoms with van der Waals surface area (Å²) >= 11 is 0. The van der Waals surface area contributed by atoms with Crippen LogP contribution >= 0.6 is 0 Å². The molecule has 1 saturated heterocycles. The van der Waals surface area contributed by atoms with E-state index in [1.807, 2.05) is 0 Å². The van der Waals surface area contributed by atoms with Crippen molar-refractivity contribution in [1.82, 2.24) is 10.2 Å². The molecule has 0 bridgehead atoms. The van der Waals surface area contributed by atoms with E-state index in [-0.39, 0.29) is 12.0 Å². The average Bonchev–Trinajstić information content (AvgIpc) is 2.44. The van der Waals surface area contributed by atoms with Crippen LogP contribution in [0.1, 0.15) is 53.4 Å². The maximum atomic E-state index is 10.7. The Bertz CT molecular complexity index is 279. The van der Waals surface area contributed by atoms with Gasteiger partial charge < -0.3 is 10.4 Å². The molecule has 0 saturated carbocycles. The summed E-state index contributed by atoms with van der Waals surface area (Å²) in [7, 11) is 0. The predicted octanol–water partition coefficient (Wildman–Crippen LogP) is 2.09. The van der Waals surface area contributed by atoms with E-state index in [9.17, 15) is 4.79 Å². The Morgan fingerprint density at radius 2 is 2.22 bits per heavy atom. The molecule has 1 heterocycles. The Kier molecular flexibility index (Phi) is 5.60. The number of rotatable bonds is 5. The molecule has 0 aromatic carbocycles. The molecule has 4 nitrogen and oxygen atoms in total. The van der Waals surface area contributed by atoms with Crippen molar-refractivity contribution < 1.29 is 9.90 Å². The molecule has 106 valence electrons. The zero-order chi connectivity index (χ0) is 13.8. The van der Waals surface area contributed by atoms with E-state index >= 15 is 0 Å². The molecule has 1 rings (SSSR count). The van der Waals surface area contributed by atoms with E-state index in [1.54, 1.807) is 0 Å². The van der Waals surface area contributed by atoms with E-state index in [4.69, 9.17) is 5.11 Å². The summed E-state index contributed by atoms with van der Waals surface area (Å²) in [4.78, 5) is 13.2. The number of nitrogens with one attached hydrogen (secondary N) is 1. The SMILES string of the molecule is CCC(C)N1CC(CCC(=O)O)NCCC1(C)C. The van der Waals surface area contributed by atoms with Gasteiger partial charge >= 0.3 is 5.97 Å². The fraction of sp³-hybridized carbons (Fsp3) is 0.929. The molecule has 2 unspecified atom stereocenters. The summed E-state index contributed by atoms with van der Waals surface area (Å²) in [5, 5.41) is 12.3. The van der Waals surface area contributed by atoms with Crippen LogP contribution in [0.25, 0.3) is 0 Å². The quantitative estimate of drug-likeness (QED) is 0.791. The molecule has 0 aliphatic carbocycles. The number of nitrogens with zero attached hydrogens (tertiary/aromatic N) is 1. The lowest BCUT2D eigenvalue weighted by molar-refractivity contribution is -0.137. The molecule has 0 spiro atoms. The molecular weight excluding hydrogens is 228 g/mol. The molecule has 2 atom stereocenters. The number of carbonyl (C=O) groups is 1. The molecule has 1 aliphatic rings. The van der Waals surface area contributed by atoms with Crippen molar-refractivity contribution in [3.05, 3.63) is 0 Å². The first-order valence-electron chi connectivity index (χ1n) is 7.08. The molecule has 4 heteroatoms. The van der Waals surface area contributed by atoms with Crippen molar-refractivity contribution in [1.29, 1.82) is 0 Å². The Morgan fingerprint density at radius 3 is 2.78 bits per heavy atom. The third-order valence-electron chi connectivity index (χ3n) is 4.19. The maximum absolute atomic E-state index is 10.7. The first kappa shape index (κ1) is 15.4. The Balaban J connectivity index is 2.67. The van der Waals surface area contributed by atoms with Gasteiger partial charge in [0.25, 0.3) is 0 Å². The second kappa shape index (κ2) is 6.53. The Morgan fingerprint density at radius 1 is 1.56 bits per heavy atom. The van der Waals surface area contributed by atoms with E-state index in [1.165, 1.54) is 0 Å². The molecule has 2 N–H and O–H groups in total. The topological polar surface area (TPSA) is 52.6 Å². The summed E-state index contributed by atoms with van der Waals surface area (Å²) in [6, 6.07) is 0.851. The Hall–Kier alpha value is -0.610. The third kappa shape index (κ3) is 4.25. The van der Waals surface area contributed by atoms with Crippen LogP contribution in [0.3, 0.4) is 0 Å². The second-order valence-electron chi connectivity index (χ2n) is 6.06. The van der Waals surface area contributed by atoms with E-state index < -0.39 is 5.97 Å². The highest BCUT2D eigenvalue weighted by molar-refractivity contribution is 5.66. The number of aliphatic carboxylic acids is 1. The average molecular weight is 256 g/mol. The smallest absolute Gasteiger partial charge is 0.303 e. The molecule has 0 aromatic rings. The van der Waals surface area contributed by atoms with Gasteiger partial charge in [-0.1, -0.05) is 6.92 Å². The first-order chi connectivity index (χ1) is 8.36. The number of hydrogen-bond donors (Lipinski definition) is 2. The lowest BCUT2D eigenvalue weighted by Gasteiger charge is -2.42.